The van der Waals surface area contributed by atoms with Crippen LogP contribution in [0.3, 0.4) is 0 Å². The van der Waals surface area contributed by atoms with E-state index in [-0.39, 0.29) is 18.3 Å². The van der Waals surface area contributed by atoms with Gasteiger partial charge in [0.25, 0.3) is 0 Å². The van der Waals surface area contributed by atoms with Crippen molar-refractivity contribution in [3.05, 3.63) is 106 Å². The summed E-state index contributed by atoms with van der Waals surface area (Å²) in [6.45, 7) is 2.59. The molecule has 0 spiro atoms. The van der Waals surface area contributed by atoms with Gasteiger partial charge < -0.3 is 19.2 Å². The van der Waals surface area contributed by atoms with Crippen LogP contribution in [0.1, 0.15) is 54.0 Å². The highest BCUT2D eigenvalue weighted by Crippen LogP contribution is 2.23. The molecule has 0 aliphatic carbocycles. The lowest BCUT2D eigenvalue weighted by Crippen LogP contribution is -2.27. The zero-order chi connectivity index (χ0) is 28.5. The second-order valence-electron chi connectivity index (χ2n) is 9.56. The summed E-state index contributed by atoms with van der Waals surface area (Å²) >= 11 is 6.42. The molecule has 4 rings (SSSR count). The minimum atomic E-state index is -0.528. The van der Waals surface area contributed by atoms with Crippen molar-refractivity contribution < 1.29 is 14.3 Å². The summed E-state index contributed by atoms with van der Waals surface area (Å²) in [6.07, 6.45) is 6.69. The molecule has 1 amide bonds. The van der Waals surface area contributed by atoms with Crippen molar-refractivity contribution >= 4 is 29.2 Å². The monoisotopic (exact) mass is 557 g/mol. The first-order valence-corrected chi connectivity index (χ1v) is 13.6. The molecule has 0 saturated carbocycles. The van der Waals surface area contributed by atoms with Crippen LogP contribution in [0.4, 0.5) is 5.69 Å². The first-order chi connectivity index (χ1) is 19.4. The Morgan fingerprint density at radius 2 is 1.85 bits per heavy atom. The molecule has 0 aliphatic rings. The number of ether oxygens (including phenoxy) is 1. The third-order valence-corrected chi connectivity index (χ3v) is 7.04. The number of benzene rings is 2. The summed E-state index contributed by atoms with van der Waals surface area (Å²) in [5, 5.41) is 12.6. The van der Waals surface area contributed by atoms with Crippen LogP contribution in [0.15, 0.2) is 73.1 Å². The average molecular weight is 558 g/mol. The second kappa shape index (κ2) is 13.6. The Labute approximate surface area is 239 Å². The van der Waals surface area contributed by atoms with E-state index >= 15 is 0 Å². The van der Waals surface area contributed by atoms with Crippen molar-refractivity contribution in [3.8, 4) is 6.07 Å². The Morgan fingerprint density at radius 3 is 2.50 bits per heavy atom. The Morgan fingerprint density at radius 1 is 1.10 bits per heavy atom. The molecular formula is C31H32ClN5O3. The van der Waals surface area contributed by atoms with Crippen LogP contribution in [0, 0.1) is 11.3 Å². The summed E-state index contributed by atoms with van der Waals surface area (Å²) in [7, 11) is 1.35. The van der Waals surface area contributed by atoms with Crippen LogP contribution in [-0.2, 0) is 40.1 Å². The molecule has 9 heteroatoms. The predicted octanol–water partition coefficient (Wildman–Crippen LogP) is 5.74. The van der Waals surface area contributed by atoms with E-state index in [0.29, 0.717) is 35.1 Å². The van der Waals surface area contributed by atoms with Crippen molar-refractivity contribution in [1.29, 1.82) is 5.26 Å². The largest absolute Gasteiger partial charge is 0.469 e. The lowest BCUT2D eigenvalue weighted by Gasteiger charge is -2.19. The number of hydrogen-bond donors (Lipinski definition) is 1. The molecule has 0 unspecified atom stereocenters. The van der Waals surface area contributed by atoms with Gasteiger partial charge in [-0.05, 0) is 35.7 Å². The lowest BCUT2D eigenvalue weighted by atomic mass is 10.0. The second-order valence-corrected chi connectivity index (χ2v) is 9.92. The van der Waals surface area contributed by atoms with E-state index in [2.05, 4.69) is 23.3 Å². The maximum absolute atomic E-state index is 13.4. The van der Waals surface area contributed by atoms with Gasteiger partial charge in [-0.25, -0.2) is 4.98 Å². The number of methoxy groups -OCH3 is 1. The number of hydrogen-bond acceptors (Lipinski definition) is 5. The Balaban J connectivity index is 1.52. The quantitative estimate of drug-likeness (QED) is 0.224. The molecule has 4 aromatic rings. The number of imidazole rings is 1. The number of aryl methyl sites for hydroxylation is 1. The number of carbonyl (C=O) groups excluding carboxylic acids is 2. The number of rotatable bonds is 12. The number of nitriles is 1. The number of unbranched alkanes of at least 4 members (excludes halogenated alkanes) is 1. The van der Waals surface area contributed by atoms with Crippen molar-refractivity contribution in [1.82, 2.24) is 14.1 Å². The molecule has 1 N–H and O–H groups in total. The highest BCUT2D eigenvalue weighted by atomic mass is 35.5. The van der Waals surface area contributed by atoms with Gasteiger partial charge in [-0.1, -0.05) is 67.4 Å². The molecule has 2 aromatic heterocycles. The van der Waals surface area contributed by atoms with E-state index < -0.39 is 6.04 Å². The zero-order valence-electron chi connectivity index (χ0n) is 22.6. The number of nitrogens with zero attached hydrogens (tertiary/aromatic N) is 4. The van der Waals surface area contributed by atoms with Crippen LogP contribution in [0.2, 0.25) is 5.15 Å². The fourth-order valence-electron chi connectivity index (χ4n) is 4.54. The number of aromatic nitrogens is 3. The van der Waals surface area contributed by atoms with Crippen LogP contribution in [-0.4, -0.2) is 33.1 Å². The molecule has 40 heavy (non-hydrogen) atoms. The fourth-order valence-corrected chi connectivity index (χ4v) is 4.81. The summed E-state index contributed by atoms with van der Waals surface area (Å²) < 4.78 is 8.62. The van der Waals surface area contributed by atoms with E-state index in [0.717, 1.165) is 36.2 Å². The van der Waals surface area contributed by atoms with Gasteiger partial charge in [0.15, 0.2) is 5.15 Å². The van der Waals surface area contributed by atoms with Crippen LogP contribution in [0.5, 0.6) is 0 Å². The van der Waals surface area contributed by atoms with E-state index in [1.54, 1.807) is 23.0 Å². The van der Waals surface area contributed by atoms with Gasteiger partial charge >= 0.3 is 5.97 Å². The lowest BCUT2D eigenvalue weighted by molar-refractivity contribution is -0.139. The van der Waals surface area contributed by atoms with E-state index in [1.807, 2.05) is 59.2 Å². The number of halogens is 1. The molecule has 0 saturated heterocycles. The highest BCUT2D eigenvalue weighted by Gasteiger charge is 2.22. The number of amides is 1. The van der Waals surface area contributed by atoms with Gasteiger partial charge in [0, 0.05) is 37.5 Å². The third kappa shape index (κ3) is 7.19. The van der Waals surface area contributed by atoms with Crippen LogP contribution < -0.4 is 5.32 Å². The van der Waals surface area contributed by atoms with Crippen LogP contribution >= 0.6 is 11.6 Å². The molecular weight excluding hydrogens is 526 g/mol. The SMILES string of the molecule is CCCCc1nc(Cl)c(CC(=O)OC)n1Cc1ccc(NC(=O)[C@H](Cc2ccccc2)n2ccc(C#N)c2)cc1. The van der Waals surface area contributed by atoms with E-state index in [4.69, 9.17) is 16.3 Å². The number of anilines is 1. The smallest absolute Gasteiger partial charge is 0.311 e. The maximum Gasteiger partial charge on any atom is 0.311 e. The topological polar surface area (TPSA) is 102 Å². The van der Waals surface area contributed by atoms with Crippen molar-refractivity contribution in [2.45, 2.75) is 51.6 Å². The number of esters is 1. The van der Waals surface area contributed by atoms with E-state index in [9.17, 15) is 14.9 Å². The zero-order valence-corrected chi connectivity index (χ0v) is 23.4. The van der Waals surface area contributed by atoms with Gasteiger partial charge in [-0.3, -0.25) is 9.59 Å². The third-order valence-electron chi connectivity index (χ3n) is 6.74. The predicted molar refractivity (Wildman–Crippen MR) is 154 cm³/mol. The van der Waals surface area contributed by atoms with Crippen molar-refractivity contribution in [2.24, 2.45) is 0 Å². The summed E-state index contributed by atoms with van der Waals surface area (Å²) in [5.74, 6) is 0.272. The summed E-state index contributed by atoms with van der Waals surface area (Å²) in [6, 6.07) is 20.7. The molecule has 1 atom stereocenters. The molecule has 0 fully saturated rings. The van der Waals surface area contributed by atoms with Crippen molar-refractivity contribution in [2.75, 3.05) is 12.4 Å². The number of carbonyl (C=O) groups is 2. The van der Waals surface area contributed by atoms with Gasteiger partial charge in [-0.2, -0.15) is 5.26 Å². The highest BCUT2D eigenvalue weighted by molar-refractivity contribution is 6.30. The Kier molecular flexibility index (Phi) is 9.76. The first kappa shape index (κ1) is 28.7. The minimum Gasteiger partial charge on any atom is -0.469 e. The Bertz CT molecular complexity index is 1490. The fraction of sp³-hybridized carbons (Fsp3) is 0.290. The van der Waals surface area contributed by atoms with Crippen LogP contribution in [0.25, 0.3) is 0 Å². The number of nitrogens with one attached hydrogen (secondary N) is 1. The van der Waals surface area contributed by atoms with Gasteiger partial charge in [0.1, 0.15) is 17.9 Å². The van der Waals surface area contributed by atoms with Crippen molar-refractivity contribution in [3.63, 3.8) is 0 Å². The molecule has 206 valence electrons. The molecule has 8 nitrogen and oxygen atoms in total. The van der Waals surface area contributed by atoms with Gasteiger partial charge in [0.05, 0.1) is 24.8 Å². The molecule has 0 bridgehead atoms. The van der Waals surface area contributed by atoms with Gasteiger partial charge in [-0.15, -0.1) is 0 Å². The molecule has 2 heterocycles. The summed E-state index contributed by atoms with van der Waals surface area (Å²) in [5.41, 5.74) is 3.78. The standard InChI is InChI=1S/C31H32ClN5O3/c1-3-4-10-28-35-30(32)26(18-29(38)40-2)37(28)21-23-11-13-25(14-12-23)34-31(39)27(17-22-8-6-5-7-9-22)36-16-15-24(19-33)20-36/h5-9,11-16,20,27H,3-4,10,17-18,21H2,1-2H3,(H,34,39)/t27-/m0/s1. The minimum absolute atomic E-state index is 0.0400. The van der Waals surface area contributed by atoms with Gasteiger partial charge in [0.2, 0.25) is 5.91 Å². The molecule has 0 radical (unpaired) electrons. The van der Waals surface area contributed by atoms with E-state index in [1.165, 1.54) is 7.11 Å². The normalized spacial score (nSPS) is 11.6. The Hall–Kier alpha value is -4.35. The average Bonchev–Trinajstić information content (AvgIpc) is 3.56. The molecule has 2 aromatic carbocycles. The molecule has 0 aliphatic heterocycles. The maximum atomic E-state index is 13.4. The first-order valence-electron chi connectivity index (χ1n) is 13.2. The summed E-state index contributed by atoms with van der Waals surface area (Å²) in [4.78, 5) is 30.0.